The third-order valence-electron chi connectivity index (χ3n) is 5.52. The third kappa shape index (κ3) is 3.03. The second kappa shape index (κ2) is 5.53. The van der Waals surface area contributed by atoms with Crippen molar-refractivity contribution in [1.82, 2.24) is 10.2 Å². The normalized spacial score (nSPS) is 44.9. The maximum Gasteiger partial charge on any atom is 0.147 e. The summed E-state index contributed by atoms with van der Waals surface area (Å²) in [7, 11) is 0. The van der Waals surface area contributed by atoms with E-state index in [1.165, 1.54) is 32.2 Å². The van der Waals surface area contributed by atoms with Gasteiger partial charge in [-0.15, -0.1) is 0 Å². The predicted octanol–water partition coefficient (Wildman–Crippen LogP) is 2.06. The zero-order valence-electron chi connectivity index (χ0n) is 12.4. The molecule has 0 aromatic carbocycles. The van der Waals surface area contributed by atoms with Crippen molar-refractivity contribution < 1.29 is 4.79 Å². The lowest BCUT2D eigenvalue weighted by Crippen LogP contribution is -2.52. The number of nitrogens with one attached hydrogen (secondary N) is 1. The molecule has 0 radical (unpaired) electrons. The highest BCUT2D eigenvalue weighted by molar-refractivity contribution is 5.81. The molecule has 1 unspecified atom stereocenters. The van der Waals surface area contributed by atoms with Gasteiger partial charge in [0, 0.05) is 25.0 Å². The molecule has 1 aliphatic carbocycles. The first kappa shape index (κ1) is 13.6. The summed E-state index contributed by atoms with van der Waals surface area (Å²) in [5, 5.41) is 3.62. The first-order valence-corrected chi connectivity index (χ1v) is 8.11. The summed E-state index contributed by atoms with van der Waals surface area (Å²) in [6.45, 7) is 7.62. The van der Waals surface area contributed by atoms with Crippen molar-refractivity contribution in [2.24, 2.45) is 17.8 Å². The lowest BCUT2D eigenvalue weighted by molar-refractivity contribution is -0.125. The third-order valence-corrected chi connectivity index (χ3v) is 5.52. The Bertz CT molecular complexity index is 344. The molecule has 5 atom stereocenters. The van der Waals surface area contributed by atoms with Gasteiger partial charge >= 0.3 is 0 Å². The fourth-order valence-corrected chi connectivity index (χ4v) is 4.57. The smallest absolute Gasteiger partial charge is 0.147 e. The van der Waals surface area contributed by atoms with E-state index in [9.17, 15) is 4.79 Å². The fourth-order valence-electron chi connectivity index (χ4n) is 4.57. The molecule has 108 valence electrons. The Kier molecular flexibility index (Phi) is 3.95. The number of piperidine rings is 2. The first-order chi connectivity index (χ1) is 9.11. The summed E-state index contributed by atoms with van der Waals surface area (Å²) in [5.74, 6) is 2.80. The molecule has 3 heteroatoms. The average molecular weight is 264 g/mol. The van der Waals surface area contributed by atoms with Gasteiger partial charge in [0.25, 0.3) is 0 Å². The minimum Gasteiger partial charge on any atom is -0.314 e. The van der Waals surface area contributed by atoms with Gasteiger partial charge in [-0.25, -0.2) is 0 Å². The fraction of sp³-hybridized carbons (Fsp3) is 0.938. The van der Waals surface area contributed by atoms with Gasteiger partial charge in [-0.2, -0.15) is 0 Å². The molecular weight excluding hydrogens is 236 g/mol. The van der Waals surface area contributed by atoms with Crippen LogP contribution in [-0.4, -0.2) is 42.4 Å². The van der Waals surface area contributed by atoms with E-state index >= 15 is 0 Å². The molecule has 3 fully saturated rings. The van der Waals surface area contributed by atoms with Gasteiger partial charge in [0.1, 0.15) is 5.78 Å². The Labute approximate surface area is 117 Å². The molecule has 1 N–H and O–H groups in total. The van der Waals surface area contributed by atoms with Crippen molar-refractivity contribution in [3.05, 3.63) is 0 Å². The molecule has 0 amide bonds. The van der Waals surface area contributed by atoms with Crippen LogP contribution < -0.4 is 5.32 Å². The largest absolute Gasteiger partial charge is 0.314 e. The van der Waals surface area contributed by atoms with Gasteiger partial charge in [0.15, 0.2) is 0 Å². The van der Waals surface area contributed by atoms with Crippen molar-refractivity contribution in [3.8, 4) is 0 Å². The zero-order chi connectivity index (χ0) is 13.4. The standard InChI is InChI=1S/C16H28N2O/c1-11-5-16(19)10-18(9-11)15-4-3-13-8-17-12(2)6-14(13)7-15/h11-15,17H,3-10H2,1-2H3/t11?,12-,13+,14+,15+/m1/s1. The van der Waals surface area contributed by atoms with Crippen molar-refractivity contribution >= 4 is 5.78 Å². The number of nitrogens with zero attached hydrogens (tertiary/aromatic N) is 1. The lowest BCUT2D eigenvalue weighted by Gasteiger charge is -2.46. The Hall–Kier alpha value is -0.410. The number of carbonyl (C=O) groups is 1. The molecule has 2 saturated heterocycles. The van der Waals surface area contributed by atoms with E-state index in [-0.39, 0.29) is 0 Å². The average Bonchev–Trinajstić information content (AvgIpc) is 2.36. The van der Waals surface area contributed by atoms with Crippen LogP contribution in [-0.2, 0) is 4.79 Å². The number of ketones is 1. The van der Waals surface area contributed by atoms with Crippen LogP contribution in [0.1, 0.15) is 46.0 Å². The molecule has 1 saturated carbocycles. The maximum atomic E-state index is 11.8. The summed E-state index contributed by atoms with van der Waals surface area (Å²) in [6, 6.07) is 1.36. The zero-order valence-corrected chi connectivity index (χ0v) is 12.4. The van der Waals surface area contributed by atoms with E-state index in [0.717, 1.165) is 31.3 Å². The Morgan fingerprint density at radius 2 is 2.00 bits per heavy atom. The van der Waals surface area contributed by atoms with Crippen molar-refractivity contribution in [2.45, 2.75) is 58.0 Å². The highest BCUT2D eigenvalue weighted by Crippen LogP contribution is 2.38. The maximum absolute atomic E-state index is 11.8. The summed E-state index contributed by atoms with van der Waals surface area (Å²) < 4.78 is 0. The minimum atomic E-state index is 0.458. The molecule has 2 heterocycles. The van der Waals surface area contributed by atoms with Gasteiger partial charge in [-0.1, -0.05) is 6.92 Å². The molecule has 0 aromatic heterocycles. The molecule has 0 bridgehead atoms. The molecule has 19 heavy (non-hydrogen) atoms. The summed E-state index contributed by atoms with van der Waals surface area (Å²) >= 11 is 0. The Morgan fingerprint density at radius 1 is 1.16 bits per heavy atom. The van der Waals surface area contributed by atoms with E-state index < -0.39 is 0 Å². The number of likely N-dealkylation sites (tertiary alicyclic amines) is 1. The van der Waals surface area contributed by atoms with Gasteiger partial charge in [-0.3, -0.25) is 9.69 Å². The van der Waals surface area contributed by atoms with Crippen LogP contribution in [0.3, 0.4) is 0 Å². The molecule has 0 spiro atoms. The number of Topliss-reactive ketones (excluding diaryl/α,β-unsaturated/α-hetero) is 1. The minimum absolute atomic E-state index is 0.458. The van der Waals surface area contributed by atoms with E-state index in [1.54, 1.807) is 0 Å². The molecule has 2 aliphatic heterocycles. The van der Waals surface area contributed by atoms with Gasteiger partial charge in [0.2, 0.25) is 0 Å². The first-order valence-electron chi connectivity index (χ1n) is 8.11. The van der Waals surface area contributed by atoms with Gasteiger partial charge < -0.3 is 5.32 Å². The van der Waals surface area contributed by atoms with Crippen LogP contribution >= 0.6 is 0 Å². The molecule has 3 nitrogen and oxygen atoms in total. The molecule has 0 aromatic rings. The van der Waals surface area contributed by atoms with Crippen LogP contribution in [0.15, 0.2) is 0 Å². The van der Waals surface area contributed by atoms with Gasteiger partial charge in [-0.05, 0) is 56.9 Å². The van der Waals surface area contributed by atoms with Crippen molar-refractivity contribution in [1.29, 1.82) is 0 Å². The number of rotatable bonds is 1. The topological polar surface area (TPSA) is 32.3 Å². The summed E-state index contributed by atoms with van der Waals surface area (Å²) in [6.07, 6.45) is 6.12. The second-order valence-electron chi connectivity index (χ2n) is 7.31. The van der Waals surface area contributed by atoms with Crippen LogP contribution in [0.5, 0.6) is 0 Å². The highest BCUT2D eigenvalue weighted by Gasteiger charge is 2.37. The molecular formula is C16H28N2O. The van der Waals surface area contributed by atoms with E-state index in [4.69, 9.17) is 0 Å². The number of carbonyl (C=O) groups excluding carboxylic acids is 1. The lowest BCUT2D eigenvalue weighted by atomic mass is 9.71. The number of hydrogen-bond donors (Lipinski definition) is 1. The Balaban J connectivity index is 1.61. The monoisotopic (exact) mass is 264 g/mol. The number of hydrogen-bond acceptors (Lipinski definition) is 3. The van der Waals surface area contributed by atoms with Crippen molar-refractivity contribution in [3.63, 3.8) is 0 Å². The second-order valence-corrected chi connectivity index (χ2v) is 7.31. The highest BCUT2D eigenvalue weighted by atomic mass is 16.1. The van der Waals surface area contributed by atoms with E-state index in [0.29, 0.717) is 23.8 Å². The van der Waals surface area contributed by atoms with Gasteiger partial charge in [0.05, 0.1) is 6.54 Å². The van der Waals surface area contributed by atoms with Crippen LogP contribution in [0, 0.1) is 17.8 Å². The Morgan fingerprint density at radius 3 is 2.79 bits per heavy atom. The van der Waals surface area contributed by atoms with Crippen LogP contribution in [0.2, 0.25) is 0 Å². The predicted molar refractivity (Wildman–Crippen MR) is 77.1 cm³/mol. The number of fused-ring (bicyclic) bond motifs is 1. The quantitative estimate of drug-likeness (QED) is 0.787. The van der Waals surface area contributed by atoms with Crippen molar-refractivity contribution in [2.75, 3.05) is 19.6 Å². The van der Waals surface area contributed by atoms with Crippen LogP contribution in [0.25, 0.3) is 0 Å². The molecule has 3 rings (SSSR count). The summed E-state index contributed by atoms with van der Waals surface area (Å²) in [4.78, 5) is 14.3. The SMILES string of the molecule is CC1CC(=O)CN([C@H]2CC[C@H]3CN[C@H](C)C[C@H]3C2)C1. The summed E-state index contributed by atoms with van der Waals surface area (Å²) in [5.41, 5.74) is 0. The van der Waals surface area contributed by atoms with Crippen LogP contribution in [0.4, 0.5) is 0 Å². The van der Waals surface area contributed by atoms with E-state index in [1.807, 2.05) is 0 Å². The molecule has 3 aliphatic rings. The van der Waals surface area contributed by atoms with E-state index in [2.05, 4.69) is 24.1 Å².